The van der Waals surface area contributed by atoms with E-state index < -0.39 is 0 Å². The highest BCUT2D eigenvalue weighted by Gasteiger charge is 2.04. The highest BCUT2D eigenvalue weighted by molar-refractivity contribution is 7.98. The van der Waals surface area contributed by atoms with Gasteiger partial charge in [0.15, 0.2) is 0 Å². The highest BCUT2D eigenvalue weighted by atomic mass is 35.5. The first-order valence-electron chi connectivity index (χ1n) is 5.19. The van der Waals surface area contributed by atoms with E-state index >= 15 is 0 Å². The van der Waals surface area contributed by atoms with E-state index in [4.69, 9.17) is 22.6 Å². The van der Waals surface area contributed by atoms with E-state index in [1.807, 2.05) is 6.07 Å². The molecule has 1 atom stereocenters. The Bertz CT molecular complexity index is 387. The zero-order valence-corrected chi connectivity index (χ0v) is 10.8. The maximum Gasteiger partial charge on any atom is 0.0992 e. The van der Waals surface area contributed by atoms with Crippen LogP contribution < -0.4 is 5.73 Å². The average molecular weight is 255 g/mol. The molecular weight excluding hydrogens is 240 g/mol. The summed E-state index contributed by atoms with van der Waals surface area (Å²) in [5.41, 5.74) is 7.49. The predicted molar refractivity (Wildman–Crippen MR) is 70.6 cm³/mol. The summed E-state index contributed by atoms with van der Waals surface area (Å²) in [4.78, 5) is 0. The maximum absolute atomic E-state index is 8.70. The molecule has 0 amide bonds. The average Bonchev–Trinajstić information content (AvgIpc) is 2.30. The number of benzene rings is 1. The fourth-order valence-corrected chi connectivity index (χ4v) is 2.63. The number of nitrogens with two attached hydrogens (primary N) is 1. The molecule has 0 fully saturated rings. The smallest absolute Gasteiger partial charge is 0.0992 e. The molecule has 0 aliphatic rings. The Morgan fingerprint density at radius 1 is 1.56 bits per heavy atom. The first kappa shape index (κ1) is 13.4. The van der Waals surface area contributed by atoms with Crippen LogP contribution >= 0.6 is 23.4 Å². The molecule has 0 aromatic heterocycles. The van der Waals surface area contributed by atoms with Gasteiger partial charge in [0.2, 0.25) is 0 Å². The van der Waals surface area contributed by atoms with Gasteiger partial charge in [-0.3, -0.25) is 0 Å². The van der Waals surface area contributed by atoms with Crippen LogP contribution in [0, 0.1) is 11.3 Å². The van der Waals surface area contributed by atoms with E-state index in [9.17, 15) is 0 Å². The quantitative estimate of drug-likeness (QED) is 0.878. The fraction of sp³-hybridized carbons (Fsp3) is 0.417. The number of halogens is 1. The first-order chi connectivity index (χ1) is 7.67. The number of hydrogen-bond acceptors (Lipinski definition) is 3. The summed E-state index contributed by atoms with van der Waals surface area (Å²) in [6.45, 7) is 2.08. The zero-order chi connectivity index (χ0) is 12.0. The number of nitrogens with zero attached hydrogens (tertiary/aromatic N) is 1. The van der Waals surface area contributed by atoms with Gasteiger partial charge in [0.1, 0.15) is 0 Å². The molecule has 0 bridgehead atoms. The lowest BCUT2D eigenvalue weighted by atomic mass is 10.2. The van der Waals surface area contributed by atoms with Gasteiger partial charge in [-0.25, -0.2) is 0 Å². The fourth-order valence-electron chi connectivity index (χ4n) is 1.17. The van der Waals surface area contributed by atoms with Gasteiger partial charge >= 0.3 is 0 Å². The maximum atomic E-state index is 8.70. The van der Waals surface area contributed by atoms with Crippen LogP contribution in [0.3, 0.4) is 0 Å². The monoisotopic (exact) mass is 254 g/mol. The van der Waals surface area contributed by atoms with E-state index in [0.717, 1.165) is 23.5 Å². The minimum absolute atomic E-state index is 0.252. The summed E-state index contributed by atoms with van der Waals surface area (Å²) in [5, 5.41) is 9.37. The topological polar surface area (TPSA) is 49.8 Å². The lowest BCUT2D eigenvalue weighted by molar-refractivity contribution is 0.725. The molecule has 0 aliphatic heterocycles. The van der Waals surface area contributed by atoms with Crippen LogP contribution in [0.4, 0.5) is 0 Å². The summed E-state index contributed by atoms with van der Waals surface area (Å²) < 4.78 is 0. The summed E-state index contributed by atoms with van der Waals surface area (Å²) in [6, 6.07) is 7.73. The van der Waals surface area contributed by atoms with E-state index in [2.05, 4.69) is 13.0 Å². The van der Waals surface area contributed by atoms with Gasteiger partial charge in [-0.2, -0.15) is 17.0 Å². The van der Waals surface area contributed by atoms with E-state index in [0.29, 0.717) is 10.6 Å². The highest BCUT2D eigenvalue weighted by Crippen LogP contribution is 2.22. The third-order valence-corrected chi connectivity index (χ3v) is 3.83. The standard InChI is InChI=1S/C12H15ClN2S/c1-2-11(15)8-16-7-10-4-3-9(6-14)5-12(10)13/h3-5,11H,2,7-8,15H2,1H3. The Morgan fingerprint density at radius 2 is 2.31 bits per heavy atom. The Kier molecular flexibility index (Phi) is 5.68. The van der Waals surface area contributed by atoms with Gasteiger partial charge in [0.05, 0.1) is 11.6 Å². The second kappa shape index (κ2) is 6.80. The molecule has 2 nitrogen and oxygen atoms in total. The number of nitriles is 1. The number of rotatable bonds is 5. The van der Waals surface area contributed by atoms with Crippen LogP contribution in [0.25, 0.3) is 0 Å². The summed E-state index contributed by atoms with van der Waals surface area (Å²) in [7, 11) is 0. The van der Waals surface area contributed by atoms with Crippen molar-refractivity contribution in [2.75, 3.05) is 5.75 Å². The van der Waals surface area contributed by atoms with E-state index in [1.165, 1.54) is 0 Å². The second-order valence-corrected chi connectivity index (χ2v) is 5.04. The van der Waals surface area contributed by atoms with Crippen molar-refractivity contribution in [3.05, 3.63) is 34.3 Å². The summed E-state index contributed by atoms with van der Waals surface area (Å²) >= 11 is 7.84. The second-order valence-electron chi connectivity index (χ2n) is 3.60. The molecule has 1 unspecified atom stereocenters. The molecular formula is C12H15ClN2S. The molecule has 0 spiro atoms. The zero-order valence-electron chi connectivity index (χ0n) is 9.24. The molecule has 2 N–H and O–H groups in total. The van der Waals surface area contributed by atoms with Gasteiger partial charge in [-0.1, -0.05) is 24.6 Å². The van der Waals surface area contributed by atoms with Crippen LogP contribution in [-0.4, -0.2) is 11.8 Å². The van der Waals surface area contributed by atoms with Crippen molar-refractivity contribution in [1.29, 1.82) is 5.26 Å². The molecule has 1 aromatic carbocycles. The number of hydrogen-bond donors (Lipinski definition) is 1. The first-order valence-corrected chi connectivity index (χ1v) is 6.72. The van der Waals surface area contributed by atoms with Crippen molar-refractivity contribution in [1.82, 2.24) is 0 Å². The lowest BCUT2D eigenvalue weighted by Crippen LogP contribution is -2.21. The summed E-state index contributed by atoms with van der Waals surface area (Å²) in [5.74, 6) is 1.78. The Hall–Kier alpha value is -0.690. The molecule has 0 aliphatic carbocycles. The van der Waals surface area contributed by atoms with Crippen LogP contribution in [-0.2, 0) is 5.75 Å². The third kappa shape index (κ3) is 4.05. The van der Waals surface area contributed by atoms with Crippen LogP contribution in [0.5, 0.6) is 0 Å². The SMILES string of the molecule is CCC(N)CSCc1ccc(C#N)cc1Cl. The van der Waals surface area contributed by atoms with Crippen molar-refractivity contribution < 1.29 is 0 Å². The van der Waals surface area contributed by atoms with Crippen molar-refractivity contribution in [3.63, 3.8) is 0 Å². The normalized spacial score (nSPS) is 12.1. The molecule has 1 aromatic rings. The van der Waals surface area contributed by atoms with Crippen LogP contribution in [0.2, 0.25) is 5.02 Å². The molecule has 86 valence electrons. The minimum atomic E-state index is 0.252. The Labute approximate surface area is 106 Å². The Morgan fingerprint density at radius 3 is 2.88 bits per heavy atom. The lowest BCUT2D eigenvalue weighted by Gasteiger charge is -2.08. The van der Waals surface area contributed by atoms with Gasteiger partial charge in [0.25, 0.3) is 0 Å². The molecule has 0 saturated heterocycles. The molecule has 4 heteroatoms. The van der Waals surface area contributed by atoms with E-state index in [1.54, 1.807) is 23.9 Å². The predicted octanol–water partition coefficient (Wildman–Crippen LogP) is 3.18. The van der Waals surface area contributed by atoms with Gasteiger partial charge in [0, 0.05) is 22.6 Å². The van der Waals surface area contributed by atoms with Crippen molar-refractivity contribution in [2.45, 2.75) is 25.1 Å². The Balaban J connectivity index is 2.52. The molecule has 16 heavy (non-hydrogen) atoms. The molecule has 1 rings (SSSR count). The van der Waals surface area contributed by atoms with Crippen molar-refractivity contribution in [2.24, 2.45) is 5.73 Å². The molecule has 0 saturated carbocycles. The molecule has 0 heterocycles. The van der Waals surface area contributed by atoms with Gasteiger partial charge in [-0.15, -0.1) is 0 Å². The van der Waals surface area contributed by atoms with Gasteiger partial charge < -0.3 is 5.73 Å². The third-order valence-electron chi connectivity index (χ3n) is 2.30. The van der Waals surface area contributed by atoms with Crippen molar-refractivity contribution in [3.8, 4) is 6.07 Å². The number of thioether (sulfide) groups is 1. The van der Waals surface area contributed by atoms with Gasteiger partial charge in [-0.05, 0) is 24.1 Å². The largest absolute Gasteiger partial charge is 0.327 e. The minimum Gasteiger partial charge on any atom is -0.327 e. The van der Waals surface area contributed by atoms with E-state index in [-0.39, 0.29) is 6.04 Å². The summed E-state index contributed by atoms with van der Waals surface area (Å²) in [6.07, 6.45) is 0.994. The van der Waals surface area contributed by atoms with Crippen molar-refractivity contribution >= 4 is 23.4 Å². The van der Waals surface area contributed by atoms with Crippen LogP contribution in [0.15, 0.2) is 18.2 Å². The molecule has 0 radical (unpaired) electrons. The van der Waals surface area contributed by atoms with Crippen LogP contribution in [0.1, 0.15) is 24.5 Å².